The standard InChI is InChI=1S/C28H30F3N7O2/c1-19(27(40)36-10-8-35(2)9-11-36)37-18-23(16-33-37)22-14-26-32-17-25(38(26)34-15-22)21-5-3-4-20(12-21)13-24(39)6-7-28(29,30)31/h3-5,12,14-19H,6-11,13H2,1-2H3. The number of aromatic nitrogens is 5. The Morgan fingerprint density at radius 1 is 0.975 bits per heavy atom. The number of hydrogen-bond acceptors (Lipinski definition) is 6. The molecule has 4 heterocycles. The minimum atomic E-state index is -4.35. The summed E-state index contributed by atoms with van der Waals surface area (Å²) in [4.78, 5) is 33.6. The molecule has 0 N–H and O–H groups in total. The van der Waals surface area contributed by atoms with Crippen LogP contribution >= 0.6 is 0 Å². The zero-order chi connectivity index (χ0) is 28.4. The lowest BCUT2D eigenvalue weighted by atomic mass is 10.0. The number of imidazole rings is 1. The van der Waals surface area contributed by atoms with Gasteiger partial charge in [0.2, 0.25) is 5.91 Å². The van der Waals surface area contributed by atoms with Crippen molar-refractivity contribution in [1.29, 1.82) is 0 Å². The minimum Gasteiger partial charge on any atom is -0.338 e. The van der Waals surface area contributed by atoms with Gasteiger partial charge in [0, 0.05) is 61.9 Å². The Morgan fingerprint density at radius 2 is 1.73 bits per heavy atom. The summed E-state index contributed by atoms with van der Waals surface area (Å²) in [7, 11) is 2.05. The molecule has 5 rings (SSSR count). The lowest BCUT2D eigenvalue weighted by Crippen LogP contribution is -2.49. The molecule has 40 heavy (non-hydrogen) atoms. The third-order valence-electron chi connectivity index (χ3n) is 7.18. The van der Waals surface area contributed by atoms with E-state index in [-0.39, 0.29) is 12.3 Å². The Bertz CT molecular complexity index is 1520. The van der Waals surface area contributed by atoms with Crippen molar-refractivity contribution in [2.75, 3.05) is 33.2 Å². The van der Waals surface area contributed by atoms with E-state index in [0.717, 1.165) is 29.8 Å². The molecular weight excluding hydrogens is 523 g/mol. The van der Waals surface area contributed by atoms with Gasteiger partial charge in [-0.1, -0.05) is 18.2 Å². The van der Waals surface area contributed by atoms with E-state index in [9.17, 15) is 22.8 Å². The van der Waals surface area contributed by atoms with Gasteiger partial charge >= 0.3 is 6.18 Å². The molecule has 1 aromatic carbocycles. The topological polar surface area (TPSA) is 88.6 Å². The summed E-state index contributed by atoms with van der Waals surface area (Å²) >= 11 is 0. The van der Waals surface area contributed by atoms with E-state index in [1.54, 1.807) is 46.0 Å². The number of amides is 1. The van der Waals surface area contributed by atoms with Crippen LogP contribution in [0.2, 0.25) is 0 Å². The average molecular weight is 554 g/mol. The number of Topliss-reactive ketones (excluding diaryl/α,β-unsaturated/α-hetero) is 1. The summed E-state index contributed by atoms with van der Waals surface area (Å²) in [6.45, 7) is 4.95. The van der Waals surface area contributed by atoms with Gasteiger partial charge < -0.3 is 9.80 Å². The van der Waals surface area contributed by atoms with Gasteiger partial charge in [0.05, 0.1) is 30.7 Å². The highest BCUT2D eigenvalue weighted by molar-refractivity contribution is 5.81. The molecular formula is C28H30F3N7O2. The van der Waals surface area contributed by atoms with E-state index in [1.165, 1.54) is 0 Å². The summed E-state index contributed by atoms with van der Waals surface area (Å²) in [5.74, 6) is -0.422. The van der Waals surface area contributed by atoms with Gasteiger partial charge in [0.25, 0.3) is 0 Å². The average Bonchev–Trinajstić information content (AvgIpc) is 3.59. The molecule has 3 aromatic heterocycles. The Kier molecular flexibility index (Phi) is 7.70. The van der Waals surface area contributed by atoms with E-state index >= 15 is 0 Å². The van der Waals surface area contributed by atoms with Crippen LogP contribution in [0.4, 0.5) is 13.2 Å². The van der Waals surface area contributed by atoms with Crippen LogP contribution in [0.5, 0.6) is 0 Å². The molecule has 0 aliphatic carbocycles. The number of hydrogen-bond donors (Lipinski definition) is 0. The summed E-state index contributed by atoms with van der Waals surface area (Å²) in [6.07, 6.45) is 0.811. The van der Waals surface area contributed by atoms with Crippen LogP contribution in [-0.2, 0) is 16.0 Å². The van der Waals surface area contributed by atoms with E-state index in [1.807, 2.05) is 37.2 Å². The van der Waals surface area contributed by atoms with Crippen molar-refractivity contribution in [3.63, 3.8) is 0 Å². The highest BCUT2D eigenvalue weighted by atomic mass is 19.4. The van der Waals surface area contributed by atoms with Gasteiger partial charge in [-0.05, 0) is 31.7 Å². The van der Waals surface area contributed by atoms with Crippen LogP contribution in [0, 0.1) is 0 Å². The molecule has 1 fully saturated rings. The van der Waals surface area contributed by atoms with Crippen LogP contribution in [0.25, 0.3) is 28.0 Å². The number of piperazine rings is 1. The summed E-state index contributed by atoms with van der Waals surface area (Å²) < 4.78 is 40.7. The maximum absolute atomic E-state index is 13.0. The van der Waals surface area contributed by atoms with Crippen molar-refractivity contribution in [2.24, 2.45) is 0 Å². The lowest BCUT2D eigenvalue weighted by molar-refractivity contribution is -0.143. The number of halogens is 3. The molecule has 1 unspecified atom stereocenters. The van der Waals surface area contributed by atoms with Crippen molar-refractivity contribution in [2.45, 2.75) is 38.4 Å². The number of rotatable bonds is 8. The van der Waals surface area contributed by atoms with Gasteiger partial charge in [-0.2, -0.15) is 23.4 Å². The predicted molar refractivity (Wildman–Crippen MR) is 142 cm³/mol. The van der Waals surface area contributed by atoms with Crippen LogP contribution in [0.1, 0.15) is 31.4 Å². The van der Waals surface area contributed by atoms with Crippen LogP contribution in [0.3, 0.4) is 0 Å². The first-order chi connectivity index (χ1) is 19.1. The van der Waals surface area contributed by atoms with Gasteiger partial charge in [-0.25, -0.2) is 9.50 Å². The number of ketones is 1. The Morgan fingerprint density at radius 3 is 2.48 bits per heavy atom. The second-order valence-corrected chi connectivity index (χ2v) is 10.2. The number of fused-ring (bicyclic) bond motifs is 1. The van der Waals surface area contributed by atoms with Gasteiger partial charge in [0.1, 0.15) is 11.8 Å². The second-order valence-electron chi connectivity index (χ2n) is 10.2. The number of alkyl halides is 3. The molecule has 0 radical (unpaired) electrons. The zero-order valence-corrected chi connectivity index (χ0v) is 22.3. The fourth-order valence-electron chi connectivity index (χ4n) is 4.77. The van der Waals surface area contributed by atoms with E-state index in [0.29, 0.717) is 30.0 Å². The zero-order valence-electron chi connectivity index (χ0n) is 22.3. The third-order valence-corrected chi connectivity index (χ3v) is 7.18. The normalized spacial score (nSPS) is 15.5. The Labute approximate surface area is 229 Å². The number of benzene rings is 1. The highest BCUT2D eigenvalue weighted by Crippen LogP contribution is 2.26. The third kappa shape index (κ3) is 6.22. The Balaban J connectivity index is 1.30. The van der Waals surface area contributed by atoms with Crippen molar-refractivity contribution >= 4 is 17.3 Å². The predicted octanol–water partition coefficient (Wildman–Crippen LogP) is 4.05. The fourth-order valence-corrected chi connectivity index (χ4v) is 4.77. The maximum Gasteiger partial charge on any atom is 0.389 e. The van der Waals surface area contributed by atoms with Crippen LogP contribution in [-0.4, -0.2) is 85.3 Å². The SMILES string of the molecule is CC(C(=O)N1CCN(C)CC1)n1cc(-c2cnn3c(-c4cccc(CC(=O)CCC(F)(F)F)c4)cnc3c2)cn1. The maximum atomic E-state index is 13.0. The molecule has 1 saturated heterocycles. The molecule has 1 aliphatic rings. The van der Waals surface area contributed by atoms with Gasteiger partial charge in [-0.15, -0.1) is 0 Å². The van der Waals surface area contributed by atoms with Crippen LogP contribution < -0.4 is 0 Å². The fraction of sp³-hybridized carbons (Fsp3) is 0.393. The van der Waals surface area contributed by atoms with E-state index < -0.39 is 30.8 Å². The molecule has 1 atom stereocenters. The first-order valence-electron chi connectivity index (χ1n) is 13.1. The number of carbonyl (C=O) groups excluding carboxylic acids is 2. The van der Waals surface area contributed by atoms with Crippen molar-refractivity contribution in [3.05, 3.63) is 60.7 Å². The van der Waals surface area contributed by atoms with E-state index in [2.05, 4.69) is 20.1 Å². The van der Waals surface area contributed by atoms with Crippen molar-refractivity contribution in [3.8, 4) is 22.4 Å². The van der Waals surface area contributed by atoms with Crippen LogP contribution in [0.15, 0.2) is 55.1 Å². The van der Waals surface area contributed by atoms with Crippen molar-refractivity contribution in [1.82, 2.24) is 34.2 Å². The largest absolute Gasteiger partial charge is 0.389 e. The smallest absolute Gasteiger partial charge is 0.338 e. The molecule has 1 aliphatic heterocycles. The van der Waals surface area contributed by atoms with Crippen molar-refractivity contribution < 1.29 is 22.8 Å². The molecule has 0 saturated carbocycles. The molecule has 1 amide bonds. The van der Waals surface area contributed by atoms with Gasteiger partial charge in [0.15, 0.2) is 5.65 Å². The number of carbonyl (C=O) groups is 2. The molecule has 0 bridgehead atoms. The monoisotopic (exact) mass is 553 g/mol. The first-order valence-corrected chi connectivity index (χ1v) is 13.1. The summed E-state index contributed by atoms with van der Waals surface area (Å²) in [6, 6.07) is 8.53. The molecule has 210 valence electrons. The quantitative estimate of drug-likeness (QED) is 0.327. The summed E-state index contributed by atoms with van der Waals surface area (Å²) in [5, 5.41) is 8.99. The highest BCUT2D eigenvalue weighted by Gasteiger charge is 2.28. The molecule has 4 aromatic rings. The molecule has 9 nitrogen and oxygen atoms in total. The molecule has 0 spiro atoms. The van der Waals surface area contributed by atoms with Gasteiger partial charge in [-0.3, -0.25) is 14.3 Å². The second kappa shape index (κ2) is 11.2. The summed E-state index contributed by atoms with van der Waals surface area (Å²) in [5.41, 5.74) is 4.25. The van der Waals surface area contributed by atoms with E-state index in [4.69, 9.17) is 0 Å². The Hall–Kier alpha value is -4.06. The number of nitrogens with zero attached hydrogens (tertiary/aromatic N) is 7. The first kappa shape index (κ1) is 27.5. The molecule has 12 heteroatoms. The lowest BCUT2D eigenvalue weighted by Gasteiger charge is -2.33. The minimum absolute atomic E-state index is 0.0403. The number of likely N-dealkylation sites (N-methyl/N-ethyl adjacent to an activating group) is 1.